The van der Waals surface area contributed by atoms with E-state index < -0.39 is 0 Å². The minimum Gasteiger partial charge on any atom is -0.324 e. The Kier molecular flexibility index (Phi) is 3.05. The monoisotopic (exact) mass is 189 g/mol. The Hall–Kier alpha value is -0.380. The van der Waals surface area contributed by atoms with E-state index in [2.05, 4.69) is 0 Å². The summed E-state index contributed by atoms with van der Waals surface area (Å²) in [6.07, 6.45) is 0.368. The van der Waals surface area contributed by atoms with Crippen molar-refractivity contribution in [2.45, 2.75) is 6.42 Å². The van der Waals surface area contributed by atoms with Crippen molar-refractivity contribution in [3.8, 4) is 0 Å². The molecule has 0 aliphatic carbocycles. The van der Waals surface area contributed by atoms with Crippen LogP contribution in [0.5, 0.6) is 0 Å². The van der Waals surface area contributed by atoms with Crippen LogP contribution in [0.4, 0.5) is 0 Å². The second-order valence-electron chi connectivity index (χ2n) is 2.11. The maximum absolute atomic E-state index is 10.9. The molecule has 0 amide bonds. The summed E-state index contributed by atoms with van der Waals surface area (Å²) in [6.45, 7) is 0.0915. The highest BCUT2D eigenvalue weighted by atomic mass is 35.5. The van der Waals surface area contributed by atoms with Gasteiger partial charge in [-0.2, -0.15) is 0 Å². The highest BCUT2D eigenvalue weighted by Gasteiger charge is 2.05. The number of hydrogen-bond acceptors (Lipinski definition) is 3. The molecule has 0 unspecified atom stereocenters. The predicted molar refractivity (Wildman–Crippen MR) is 47.1 cm³/mol. The average molecular weight is 190 g/mol. The Morgan fingerprint density at radius 1 is 1.73 bits per heavy atom. The molecule has 0 fully saturated rings. The fraction of sp³-hybridized carbons (Fsp3) is 0.286. The molecule has 1 aromatic rings. The van der Waals surface area contributed by atoms with Crippen LogP contribution in [0.2, 0.25) is 5.02 Å². The van der Waals surface area contributed by atoms with Crippen LogP contribution < -0.4 is 5.73 Å². The lowest BCUT2D eigenvalue weighted by atomic mass is 10.2. The van der Waals surface area contributed by atoms with E-state index in [1.54, 1.807) is 6.07 Å². The molecule has 0 bridgehead atoms. The molecular formula is C7H8ClNOS. The first-order chi connectivity index (χ1) is 5.24. The number of halogens is 1. The zero-order chi connectivity index (χ0) is 8.27. The zero-order valence-electron chi connectivity index (χ0n) is 5.84. The Labute approximate surface area is 74.0 Å². The van der Waals surface area contributed by atoms with Crippen molar-refractivity contribution in [1.29, 1.82) is 0 Å². The first kappa shape index (κ1) is 8.71. The van der Waals surface area contributed by atoms with E-state index in [1.165, 1.54) is 11.3 Å². The highest BCUT2D eigenvalue weighted by Crippen LogP contribution is 2.22. The van der Waals surface area contributed by atoms with Gasteiger partial charge in [0, 0.05) is 11.3 Å². The van der Waals surface area contributed by atoms with Gasteiger partial charge < -0.3 is 5.73 Å². The molecule has 1 aromatic heterocycles. The first-order valence-corrected chi connectivity index (χ1v) is 4.43. The largest absolute Gasteiger partial charge is 0.324 e. The van der Waals surface area contributed by atoms with Crippen LogP contribution >= 0.6 is 22.9 Å². The smallest absolute Gasteiger partial charge is 0.151 e. The van der Waals surface area contributed by atoms with Crippen molar-refractivity contribution in [3.63, 3.8) is 0 Å². The van der Waals surface area contributed by atoms with Gasteiger partial charge in [-0.3, -0.25) is 4.79 Å². The molecule has 4 heteroatoms. The molecular weight excluding hydrogens is 182 g/mol. The fourth-order valence-corrected chi connectivity index (χ4v) is 1.83. The summed E-state index contributed by atoms with van der Waals surface area (Å²) in [4.78, 5) is 11.8. The first-order valence-electron chi connectivity index (χ1n) is 3.17. The molecule has 1 heterocycles. The lowest BCUT2D eigenvalue weighted by molar-refractivity contribution is -0.117. The molecule has 0 atom stereocenters. The van der Waals surface area contributed by atoms with Crippen LogP contribution in [-0.2, 0) is 11.2 Å². The Balaban J connectivity index is 2.64. The summed E-state index contributed by atoms with van der Waals surface area (Å²) in [7, 11) is 0. The van der Waals surface area contributed by atoms with Crippen LogP contribution in [0.3, 0.4) is 0 Å². The number of thiophene rings is 1. The molecule has 1 rings (SSSR count). The minimum absolute atomic E-state index is 0.0225. The Morgan fingerprint density at radius 2 is 2.45 bits per heavy atom. The Morgan fingerprint density at radius 3 is 2.91 bits per heavy atom. The third kappa shape index (κ3) is 2.29. The SMILES string of the molecule is NCC(=O)Cc1sccc1Cl. The van der Waals surface area contributed by atoms with E-state index in [0.717, 1.165) is 4.88 Å². The van der Waals surface area contributed by atoms with E-state index in [-0.39, 0.29) is 12.3 Å². The van der Waals surface area contributed by atoms with Crippen molar-refractivity contribution in [3.05, 3.63) is 21.3 Å². The molecule has 11 heavy (non-hydrogen) atoms. The van der Waals surface area contributed by atoms with Gasteiger partial charge in [0.15, 0.2) is 5.78 Å². The third-order valence-electron chi connectivity index (χ3n) is 1.28. The summed E-state index contributed by atoms with van der Waals surface area (Å²) in [5, 5.41) is 2.53. The third-order valence-corrected chi connectivity index (χ3v) is 2.66. The lowest BCUT2D eigenvalue weighted by Gasteiger charge is -1.93. The molecule has 0 spiro atoms. The van der Waals surface area contributed by atoms with Gasteiger partial charge >= 0.3 is 0 Å². The second-order valence-corrected chi connectivity index (χ2v) is 3.52. The molecule has 60 valence electrons. The molecule has 0 saturated carbocycles. The predicted octanol–water partition coefficient (Wildman–Crippen LogP) is 1.47. The summed E-state index contributed by atoms with van der Waals surface area (Å²) < 4.78 is 0. The van der Waals surface area contributed by atoms with Crippen molar-refractivity contribution >= 4 is 28.7 Å². The summed E-state index contributed by atoms with van der Waals surface area (Å²) in [5.74, 6) is 0.0225. The molecule has 0 aliphatic heterocycles. The van der Waals surface area contributed by atoms with E-state index >= 15 is 0 Å². The van der Waals surface area contributed by atoms with Gasteiger partial charge in [-0.25, -0.2) is 0 Å². The van der Waals surface area contributed by atoms with Gasteiger partial charge in [-0.1, -0.05) is 11.6 Å². The Bertz CT molecular complexity index is 259. The van der Waals surface area contributed by atoms with Crippen LogP contribution in [0.1, 0.15) is 4.88 Å². The molecule has 2 nitrogen and oxygen atoms in total. The number of rotatable bonds is 3. The summed E-state index contributed by atoms with van der Waals surface area (Å²) in [5.41, 5.74) is 5.15. The normalized spacial score (nSPS) is 10.0. The van der Waals surface area contributed by atoms with E-state index in [0.29, 0.717) is 11.4 Å². The molecule has 0 saturated heterocycles. The number of ketones is 1. The fourth-order valence-electron chi connectivity index (χ4n) is 0.702. The zero-order valence-corrected chi connectivity index (χ0v) is 7.41. The van der Waals surface area contributed by atoms with Gasteiger partial charge in [-0.15, -0.1) is 11.3 Å². The molecule has 0 aromatic carbocycles. The maximum atomic E-state index is 10.9. The highest BCUT2D eigenvalue weighted by molar-refractivity contribution is 7.10. The van der Waals surface area contributed by atoms with Gasteiger partial charge in [0.2, 0.25) is 0 Å². The van der Waals surface area contributed by atoms with E-state index in [1.807, 2.05) is 5.38 Å². The number of carbonyl (C=O) groups is 1. The average Bonchev–Trinajstić information content (AvgIpc) is 2.37. The van der Waals surface area contributed by atoms with Crippen LogP contribution in [-0.4, -0.2) is 12.3 Å². The summed E-state index contributed by atoms with van der Waals surface area (Å²) in [6, 6.07) is 1.78. The van der Waals surface area contributed by atoms with Crippen molar-refractivity contribution in [2.75, 3.05) is 6.54 Å². The van der Waals surface area contributed by atoms with Crippen molar-refractivity contribution in [1.82, 2.24) is 0 Å². The van der Waals surface area contributed by atoms with Gasteiger partial charge in [-0.05, 0) is 11.4 Å². The second kappa shape index (κ2) is 3.85. The topological polar surface area (TPSA) is 43.1 Å². The van der Waals surface area contributed by atoms with Crippen LogP contribution in [0, 0.1) is 0 Å². The quantitative estimate of drug-likeness (QED) is 0.783. The number of carbonyl (C=O) groups excluding carboxylic acids is 1. The summed E-state index contributed by atoms with van der Waals surface area (Å²) >= 11 is 7.24. The molecule has 0 aliphatic rings. The molecule has 2 N–H and O–H groups in total. The van der Waals surface area contributed by atoms with Crippen molar-refractivity contribution < 1.29 is 4.79 Å². The minimum atomic E-state index is 0.0225. The van der Waals surface area contributed by atoms with E-state index in [9.17, 15) is 4.79 Å². The molecule has 0 radical (unpaired) electrons. The maximum Gasteiger partial charge on any atom is 0.151 e. The van der Waals surface area contributed by atoms with Crippen LogP contribution in [0.25, 0.3) is 0 Å². The standard InChI is InChI=1S/C7H8ClNOS/c8-6-1-2-11-7(6)3-5(10)4-9/h1-2H,3-4,9H2. The van der Waals surface area contributed by atoms with Crippen LogP contribution in [0.15, 0.2) is 11.4 Å². The van der Waals surface area contributed by atoms with E-state index in [4.69, 9.17) is 17.3 Å². The van der Waals surface area contributed by atoms with Gasteiger partial charge in [0.1, 0.15) is 0 Å². The lowest BCUT2D eigenvalue weighted by Crippen LogP contribution is -2.15. The number of hydrogen-bond donors (Lipinski definition) is 1. The number of nitrogens with two attached hydrogens (primary N) is 1. The van der Waals surface area contributed by atoms with Gasteiger partial charge in [0.05, 0.1) is 11.6 Å². The number of Topliss-reactive ketones (excluding diaryl/α,β-unsaturated/α-hetero) is 1. The van der Waals surface area contributed by atoms with Gasteiger partial charge in [0.25, 0.3) is 0 Å². The van der Waals surface area contributed by atoms with Crippen molar-refractivity contribution in [2.24, 2.45) is 5.73 Å².